The predicted molar refractivity (Wildman–Crippen MR) is 50.6 cm³/mol. The Bertz CT molecular complexity index is 387. The van der Waals surface area contributed by atoms with Gasteiger partial charge in [-0.15, -0.1) is 0 Å². The summed E-state index contributed by atoms with van der Waals surface area (Å²) in [6, 6.07) is 1.79. The first-order valence-corrected chi connectivity index (χ1v) is 4.45. The highest BCUT2D eigenvalue weighted by atomic mass is 79.9. The van der Waals surface area contributed by atoms with Gasteiger partial charge in [0, 0.05) is 17.3 Å². The van der Waals surface area contributed by atoms with Crippen molar-refractivity contribution in [2.24, 2.45) is 0 Å². The van der Waals surface area contributed by atoms with Crippen LogP contribution in [0.1, 0.15) is 17.6 Å². The zero-order valence-electron chi connectivity index (χ0n) is 6.97. The largest absolute Gasteiger partial charge is 0.396 e. The Balaban J connectivity index is 3.31. The van der Waals surface area contributed by atoms with Crippen molar-refractivity contribution in [3.05, 3.63) is 21.9 Å². The molecule has 1 aromatic heterocycles. The summed E-state index contributed by atoms with van der Waals surface area (Å²) >= 11 is 3.01. The summed E-state index contributed by atoms with van der Waals surface area (Å²) in [6.45, 7) is 0. The van der Waals surface area contributed by atoms with Gasteiger partial charge in [-0.05, 0) is 15.9 Å². The van der Waals surface area contributed by atoms with E-state index in [0.29, 0.717) is 0 Å². The molecule has 2 N–H and O–H groups in total. The average Bonchev–Trinajstić information content (AvgIpc) is 2.13. The molecule has 6 heteroatoms. The van der Waals surface area contributed by atoms with E-state index in [-0.39, 0.29) is 27.8 Å². The van der Waals surface area contributed by atoms with E-state index in [4.69, 9.17) is 11.0 Å². The summed E-state index contributed by atoms with van der Waals surface area (Å²) < 4.78 is 25.2. The van der Waals surface area contributed by atoms with Crippen LogP contribution in [0.15, 0.2) is 10.8 Å². The Labute approximate surface area is 87.7 Å². The van der Waals surface area contributed by atoms with Gasteiger partial charge < -0.3 is 5.73 Å². The molecule has 1 rings (SSSR count). The SMILES string of the molecule is N#CCc1c(C(F)F)cnc(Br)c1N. The highest BCUT2D eigenvalue weighted by Crippen LogP contribution is 2.30. The van der Waals surface area contributed by atoms with Crippen LogP contribution in [0.5, 0.6) is 0 Å². The second kappa shape index (κ2) is 4.33. The molecule has 0 aliphatic carbocycles. The molecule has 0 spiro atoms. The summed E-state index contributed by atoms with van der Waals surface area (Å²) in [6.07, 6.45) is -1.79. The molecular weight excluding hydrogens is 256 g/mol. The number of rotatable bonds is 2. The van der Waals surface area contributed by atoms with Gasteiger partial charge in [-0.1, -0.05) is 0 Å². The van der Waals surface area contributed by atoms with E-state index in [2.05, 4.69) is 20.9 Å². The Morgan fingerprint density at radius 2 is 2.29 bits per heavy atom. The monoisotopic (exact) mass is 261 g/mol. The number of nitrogen functional groups attached to an aromatic ring is 1. The highest BCUT2D eigenvalue weighted by molar-refractivity contribution is 9.10. The fourth-order valence-corrected chi connectivity index (χ4v) is 1.36. The topological polar surface area (TPSA) is 62.7 Å². The van der Waals surface area contributed by atoms with Gasteiger partial charge in [0.05, 0.1) is 18.2 Å². The quantitative estimate of drug-likeness (QED) is 0.832. The summed E-state index contributed by atoms with van der Waals surface area (Å²) in [4.78, 5) is 3.65. The predicted octanol–water partition coefficient (Wildman–Crippen LogP) is 2.43. The lowest BCUT2D eigenvalue weighted by molar-refractivity contribution is 0.150. The van der Waals surface area contributed by atoms with Crippen LogP contribution >= 0.6 is 15.9 Å². The molecule has 1 heterocycles. The lowest BCUT2D eigenvalue weighted by Crippen LogP contribution is -2.03. The maximum Gasteiger partial charge on any atom is 0.265 e. The maximum absolute atomic E-state index is 12.4. The molecule has 0 bridgehead atoms. The van der Waals surface area contributed by atoms with Gasteiger partial charge in [0.25, 0.3) is 6.43 Å². The van der Waals surface area contributed by atoms with Gasteiger partial charge in [-0.25, -0.2) is 13.8 Å². The molecular formula is C8H6BrF2N3. The van der Waals surface area contributed by atoms with E-state index in [1.165, 1.54) is 0 Å². The molecule has 0 atom stereocenters. The number of alkyl halides is 2. The first kappa shape index (κ1) is 10.9. The van der Waals surface area contributed by atoms with E-state index < -0.39 is 6.43 Å². The molecule has 0 saturated heterocycles. The first-order chi connectivity index (χ1) is 6.57. The molecule has 0 fully saturated rings. The van der Waals surface area contributed by atoms with E-state index >= 15 is 0 Å². The van der Waals surface area contributed by atoms with E-state index in [9.17, 15) is 8.78 Å². The normalized spacial score (nSPS) is 10.2. The van der Waals surface area contributed by atoms with Crippen molar-refractivity contribution in [3.63, 3.8) is 0 Å². The smallest absolute Gasteiger partial charge is 0.265 e. The minimum absolute atomic E-state index is 0.101. The van der Waals surface area contributed by atoms with Crippen molar-refractivity contribution < 1.29 is 8.78 Å². The summed E-state index contributed by atoms with van der Waals surface area (Å²) in [5, 5.41) is 8.46. The molecule has 3 nitrogen and oxygen atoms in total. The fourth-order valence-electron chi connectivity index (χ4n) is 1.02. The molecule has 0 aromatic carbocycles. The van der Waals surface area contributed by atoms with Gasteiger partial charge in [0.15, 0.2) is 0 Å². The number of nitrogens with zero attached hydrogens (tertiary/aromatic N) is 2. The average molecular weight is 262 g/mol. The molecule has 0 radical (unpaired) electrons. The van der Waals surface area contributed by atoms with Gasteiger partial charge >= 0.3 is 0 Å². The summed E-state index contributed by atoms with van der Waals surface area (Å²) in [5.41, 5.74) is 5.47. The third-order valence-corrected chi connectivity index (χ3v) is 2.34. The minimum Gasteiger partial charge on any atom is -0.396 e. The third kappa shape index (κ3) is 1.99. The third-order valence-electron chi connectivity index (χ3n) is 1.70. The number of hydrogen-bond acceptors (Lipinski definition) is 3. The van der Waals surface area contributed by atoms with Crippen molar-refractivity contribution in [1.29, 1.82) is 5.26 Å². The molecule has 74 valence electrons. The number of anilines is 1. The Kier molecular flexibility index (Phi) is 3.36. The maximum atomic E-state index is 12.4. The molecule has 0 aliphatic heterocycles. The van der Waals surface area contributed by atoms with Crippen molar-refractivity contribution in [1.82, 2.24) is 4.98 Å². The van der Waals surface area contributed by atoms with Crippen LogP contribution in [0.4, 0.5) is 14.5 Å². The summed E-state index contributed by atoms with van der Waals surface area (Å²) in [5.74, 6) is 0. The second-order valence-corrected chi connectivity index (χ2v) is 3.28. The van der Waals surface area contributed by atoms with Crippen LogP contribution in [-0.2, 0) is 6.42 Å². The zero-order valence-corrected chi connectivity index (χ0v) is 8.55. The van der Waals surface area contributed by atoms with E-state index in [1.807, 2.05) is 0 Å². The van der Waals surface area contributed by atoms with Crippen LogP contribution in [-0.4, -0.2) is 4.98 Å². The molecule has 0 amide bonds. The summed E-state index contributed by atoms with van der Waals surface area (Å²) in [7, 11) is 0. The Morgan fingerprint density at radius 3 is 2.79 bits per heavy atom. The fraction of sp³-hybridized carbons (Fsp3) is 0.250. The van der Waals surface area contributed by atoms with Gasteiger partial charge in [0.1, 0.15) is 4.60 Å². The molecule has 0 unspecified atom stereocenters. The molecule has 0 aliphatic rings. The lowest BCUT2D eigenvalue weighted by Gasteiger charge is -2.09. The second-order valence-electron chi connectivity index (χ2n) is 2.53. The van der Waals surface area contributed by atoms with Crippen LogP contribution in [0, 0.1) is 11.3 Å². The van der Waals surface area contributed by atoms with Crippen molar-refractivity contribution in [3.8, 4) is 6.07 Å². The van der Waals surface area contributed by atoms with Gasteiger partial charge in [-0.3, -0.25) is 0 Å². The molecule has 1 aromatic rings. The van der Waals surface area contributed by atoms with Gasteiger partial charge in [0.2, 0.25) is 0 Å². The van der Waals surface area contributed by atoms with Crippen LogP contribution in [0.25, 0.3) is 0 Å². The number of hydrogen-bond donors (Lipinski definition) is 1. The van der Waals surface area contributed by atoms with E-state index in [1.54, 1.807) is 6.07 Å². The van der Waals surface area contributed by atoms with E-state index in [0.717, 1.165) is 6.20 Å². The number of halogens is 3. The molecule has 14 heavy (non-hydrogen) atoms. The number of nitriles is 1. The first-order valence-electron chi connectivity index (χ1n) is 3.65. The minimum atomic E-state index is -2.67. The number of aromatic nitrogens is 1. The standard InChI is InChI=1S/C8H6BrF2N3/c9-7-6(13)4(1-2-12)5(3-14-7)8(10)11/h3,8H,1,13H2. The number of nitrogens with two attached hydrogens (primary N) is 1. The van der Waals surface area contributed by atoms with Crippen LogP contribution < -0.4 is 5.73 Å². The molecule has 0 saturated carbocycles. The van der Waals surface area contributed by atoms with Crippen molar-refractivity contribution >= 4 is 21.6 Å². The number of pyridine rings is 1. The Hall–Kier alpha value is -1.22. The van der Waals surface area contributed by atoms with Crippen LogP contribution in [0.2, 0.25) is 0 Å². The highest BCUT2D eigenvalue weighted by Gasteiger charge is 2.17. The van der Waals surface area contributed by atoms with Gasteiger partial charge in [-0.2, -0.15) is 5.26 Å². The van der Waals surface area contributed by atoms with Crippen molar-refractivity contribution in [2.75, 3.05) is 5.73 Å². The Morgan fingerprint density at radius 1 is 1.64 bits per heavy atom. The lowest BCUT2D eigenvalue weighted by atomic mass is 10.1. The van der Waals surface area contributed by atoms with Crippen LogP contribution in [0.3, 0.4) is 0 Å². The zero-order chi connectivity index (χ0) is 10.7. The van der Waals surface area contributed by atoms with Crippen molar-refractivity contribution in [2.45, 2.75) is 12.8 Å².